The molecule has 2 heterocycles. The van der Waals surface area contributed by atoms with E-state index in [0.717, 1.165) is 18.7 Å². The fraction of sp³-hybridized carbons (Fsp3) is 0.294. The van der Waals surface area contributed by atoms with E-state index >= 15 is 0 Å². The molecule has 0 unspecified atom stereocenters. The van der Waals surface area contributed by atoms with Crippen molar-refractivity contribution >= 4 is 33.2 Å². The molecule has 126 valence electrons. The van der Waals surface area contributed by atoms with Gasteiger partial charge in [0.05, 0.1) is 22.3 Å². The number of hydrogen-bond acceptors (Lipinski definition) is 3. The van der Waals surface area contributed by atoms with E-state index in [2.05, 4.69) is 20.9 Å². The molecule has 1 aromatic carbocycles. The van der Waals surface area contributed by atoms with Gasteiger partial charge in [-0.1, -0.05) is 0 Å². The molecule has 0 fully saturated rings. The standard InChI is InChI=1S/C17H17BrFN3O2/c1-21-7-2-8-22(14-10-12(19)3-4-13(14)21)15(23)9-11-5-6-20-17(24)16(11)18/h3-6,10H,2,7-9H2,1H3,(H,20,24). The van der Waals surface area contributed by atoms with Gasteiger partial charge in [-0.2, -0.15) is 0 Å². The van der Waals surface area contributed by atoms with Crippen LogP contribution in [0.5, 0.6) is 0 Å². The number of rotatable bonds is 2. The van der Waals surface area contributed by atoms with E-state index in [1.165, 1.54) is 18.3 Å². The Morgan fingerprint density at radius 1 is 1.29 bits per heavy atom. The summed E-state index contributed by atoms with van der Waals surface area (Å²) in [7, 11) is 1.93. The molecule has 7 heteroatoms. The van der Waals surface area contributed by atoms with E-state index in [0.29, 0.717) is 22.3 Å². The first kappa shape index (κ1) is 16.7. The number of anilines is 2. The minimum absolute atomic E-state index is 0.0736. The summed E-state index contributed by atoms with van der Waals surface area (Å²) in [4.78, 5) is 30.6. The number of carbonyl (C=O) groups excluding carboxylic acids is 1. The molecule has 1 aliphatic heterocycles. The smallest absolute Gasteiger partial charge is 0.262 e. The highest BCUT2D eigenvalue weighted by Crippen LogP contribution is 2.32. The Hall–Kier alpha value is -2.15. The van der Waals surface area contributed by atoms with Crippen LogP contribution in [0.15, 0.2) is 39.7 Å². The molecule has 0 aliphatic carbocycles. The minimum Gasteiger partial charge on any atom is -0.373 e. The van der Waals surface area contributed by atoms with Crippen LogP contribution in [-0.2, 0) is 11.2 Å². The topological polar surface area (TPSA) is 56.4 Å². The molecule has 0 radical (unpaired) electrons. The monoisotopic (exact) mass is 393 g/mol. The van der Waals surface area contributed by atoms with E-state index in [-0.39, 0.29) is 23.7 Å². The van der Waals surface area contributed by atoms with Crippen LogP contribution in [0.25, 0.3) is 0 Å². The molecule has 1 N–H and O–H groups in total. The lowest BCUT2D eigenvalue weighted by atomic mass is 10.1. The fourth-order valence-corrected chi connectivity index (χ4v) is 3.28. The van der Waals surface area contributed by atoms with E-state index in [4.69, 9.17) is 0 Å². The summed E-state index contributed by atoms with van der Waals surface area (Å²) in [6.45, 7) is 1.30. The molecule has 1 aromatic heterocycles. The Morgan fingerprint density at radius 3 is 2.88 bits per heavy atom. The number of pyridine rings is 1. The van der Waals surface area contributed by atoms with Crippen molar-refractivity contribution in [1.82, 2.24) is 4.98 Å². The number of aromatic amines is 1. The van der Waals surface area contributed by atoms with Crippen molar-refractivity contribution in [3.8, 4) is 0 Å². The number of halogens is 2. The summed E-state index contributed by atoms with van der Waals surface area (Å²) in [5, 5.41) is 0. The molecule has 0 atom stereocenters. The summed E-state index contributed by atoms with van der Waals surface area (Å²) in [5.74, 6) is -0.539. The molecule has 0 saturated carbocycles. The lowest BCUT2D eigenvalue weighted by molar-refractivity contribution is -0.118. The van der Waals surface area contributed by atoms with E-state index in [9.17, 15) is 14.0 Å². The Balaban J connectivity index is 1.95. The fourth-order valence-electron chi connectivity index (χ4n) is 2.90. The number of fused-ring (bicyclic) bond motifs is 1. The van der Waals surface area contributed by atoms with E-state index < -0.39 is 0 Å². The lowest BCUT2D eigenvalue weighted by Gasteiger charge is -2.24. The van der Waals surface area contributed by atoms with Gasteiger partial charge in [0, 0.05) is 26.3 Å². The van der Waals surface area contributed by atoms with Gasteiger partial charge >= 0.3 is 0 Å². The van der Waals surface area contributed by atoms with Gasteiger partial charge in [0.15, 0.2) is 0 Å². The number of H-pyrrole nitrogens is 1. The number of hydrogen-bond donors (Lipinski definition) is 1. The summed E-state index contributed by atoms with van der Waals surface area (Å²) < 4.78 is 14.1. The SMILES string of the molecule is CN1CCCN(C(=O)Cc2cc[nH]c(=O)c2Br)c2cc(F)ccc21. The van der Waals surface area contributed by atoms with Crippen LogP contribution in [0.3, 0.4) is 0 Å². The predicted molar refractivity (Wildman–Crippen MR) is 95.1 cm³/mol. The maximum atomic E-state index is 13.7. The van der Waals surface area contributed by atoms with Crippen LogP contribution in [0.2, 0.25) is 0 Å². The maximum absolute atomic E-state index is 13.7. The van der Waals surface area contributed by atoms with Gasteiger partial charge in [0.2, 0.25) is 5.91 Å². The minimum atomic E-state index is -0.376. The zero-order chi connectivity index (χ0) is 17.3. The average molecular weight is 394 g/mol. The molecule has 2 aromatic rings. The molecule has 5 nitrogen and oxygen atoms in total. The third-order valence-corrected chi connectivity index (χ3v) is 5.01. The molecule has 24 heavy (non-hydrogen) atoms. The van der Waals surface area contributed by atoms with Gasteiger partial charge in [-0.3, -0.25) is 9.59 Å². The highest BCUT2D eigenvalue weighted by atomic mass is 79.9. The summed E-state index contributed by atoms with van der Waals surface area (Å²) in [6, 6.07) is 6.18. The second-order valence-corrected chi connectivity index (χ2v) is 6.57. The first-order valence-electron chi connectivity index (χ1n) is 7.64. The first-order valence-corrected chi connectivity index (χ1v) is 8.44. The highest BCUT2D eigenvalue weighted by molar-refractivity contribution is 9.10. The largest absolute Gasteiger partial charge is 0.373 e. The Kier molecular flexibility index (Phi) is 4.71. The van der Waals surface area contributed by atoms with Crippen molar-refractivity contribution in [1.29, 1.82) is 0 Å². The van der Waals surface area contributed by atoms with Crippen LogP contribution in [-0.4, -0.2) is 31.0 Å². The second kappa shape index (κ2) is 6.76. The molecule has 3 rings (SSSR count). The van der Waals surface area contributed by atoms with Crippen molar-refractivity contribution in [2.24, 2.45) is 0 Å². The van der Waals surface area contributed by atoms with Gasteiger partial charge in [-0.15, -0.1) is 0 Å². The zero-order valence-corrected chi connectivity index (χ0v) is 14.8. The van der Waals surface area contributed by atoms with Gasteiger partial charge in [0.1, 0.15) is 5.82 Å². The summed E-state index contributed by atoms with van der Waals surface area (Å²) in [5.41, 5.74) is 1.73. The van der Waals surface area contributed by atoms with Crippen molar-refractivity contribution in [2.45, 2.75) is 12.8 Å². The van der Waals surface area contributed by atoms with Crippen LogP contribution in [0.4, 0.5) is 15.8 Å². The molecule has 0 spiro atoms. The van der Waals surface area contributed by atoms with E-state index in [1.54, 1.807) is 17.0 Å². The molecule has 0 bridgehead atoms. The number of amides is 1. The lowest BCUT2D eigenvalue weighted by Crippen LogP contribution is -2.33. The average Bonchev–Trinajstić information content (AvgIpc) is 2.70. The molecule has 1 aliphatic rings. The van der Waals surface area contributed by atoms with Gasteiger partial charge in [0.25, 0.3) is 5.56 Å². The van der Waals surface area contributed by atoms with Crippen LogP contribution < -0.4 is 15.4 Å². The summed E-state index contributed by atoms with van der Waals surface area (Å²) in [6.07, 6.45) is 2.37. The first-order chi connectivity index (χ1) is 11.5. The van der Waals surface area contributed by atoms with E-state index in [1.807, 2.05) is 11.9 Å². The van der Waals surface area contributed by atoms with Crippen molar-refractivity contribution < 1.29 is 9.18 Å². The van der Waals surface area contributed by atoms with Gasteiger partial charge in [-0.25, -0.2) is 4.39 Å². The molecule has 0 saturated heterocycles. The Bertz CT molecular complexity index is 837. The third kappa shape index (κ3) is 3.21. The second-order valence-electron chi connectivity index (χ2n) is 5.78. The normalized spacial score (nSPS) is 14.3. The maximum Gasteiger partial charge on any atom is 0.262 e. The molecular weight excluding hydrogens is 377 g/mol. The predicted octanol–water partition coefficient (Wildman–Crippen LogP) is 2.69. The van der Waals surface area contributed by atoms with Crippen LogP contribution in [0, 0.1) is 5.82 Å². The van der Waals surface area contributed by atoms with Gasteiger partial charge in [-0.05, 0) is 52.2 Å². The van der Waals surface area contributed by atoms with Gasteiger partial charge < -0.3 is 14.8 Å². The quantitative estimate of drug-likeness (QED) is 0.853. The van der Waals surface area contributed by atoms with Crippen LogP contribution in [0.1, 0.15) is 12.0 Å². The highest BCUT2D eigenvalue weighted by Gasteiger charge is 2.24. The number of carbonyl (C=O) groups is 1. The Labute approximate surface area is 147 Å². The van der Waals surface area contributed by atoms with Crippen molar-refractivity contribution in [3.63, 3.8) is 0 Å². The van der Waals surface area contributed by atoms with Crippen molar-refractivity contribution in [2.75, 3.05) is 29.9 Å². The molecule has 1 amide bonds. The Morgan fingerprint density at radius 2 is 2.08 bits per heavy atom. The number of nitrogens with zero attached hydrogens (tertiary/aromatic N) is 2. The zero-order valence-electron chi connectivity index (χ0n) is 13.2. The third-order valence-electron chi connectivity index (χ3n) is 4.14. The van der Waals surface area contributed by atoms with Crippen LogP contribution >= 0.6 is 15.9 Å². The summed E-state index contributed by atoms with van der Waals surface area (Å²) >= 11 is 3.22. The van der Waals surface area contributed by atoms with Crippen molar-refractivity contribution in [3.05, 3.63) is 56.7 Å². The molecular formula is C17H17BrFN3O2. The number of nitrogens with one attached hydrogen (secondary N) is 1. The number of benzene rings is 1. The number of aromatic nitrogens is 1.